The molecule has 3 rings (SSSR count). The quantitative estimate of drug-likeness (QED) is 0.792. The summed E-state index contributed by atoms with van der Waals surface area (Å²) in [7, 11) is 0. The molecule has 0 unspecified atom stereocenters. The summed E-state index contributed by atoms with van der Waals surface area (Å²) in [5.74, 6) is 0.102. The Morgan fingerprint density at radius 2 is 2.16 bits per heavy atom. The first kappa shape index (κ1) is 12.4. The highest BCUT2D eigenvalue weighted by atomic mass is 16.5. The number of nitrogens with zero attached hydrogens (tertiary/aromatic N) is 2. The number of hydrogen-bond acceptors (Lipinski definition) is 3. The molecule has 0 spiro atoms. The van der Waals surface area contributed by atoms with E-state index in [2.05, 4.69) is 12.0 Å². The van der Waals surface area contributed by atoms with E-state index in [0.29, 0.717) is 12.1 Å². The van der Waals surface area contributed by atoms with Gasteiger partial charge < -0.3 is 4.74 Å². The van der Waals surface area contributed by atoms with Crippen LogP contribution < -0.4 is 0 Å². The molecule has 19 heavy (non-hydrogen) atoms. The molecule has 1 fully saturated rings. The Morgan fingerprint density at radius 3 is 2.79 bits per heavy atom. The summed E-state index contributed by atoms with van der Waals surface area (Å²) in [6, 6.07) is 7.94. The number of carbonyl (C=O) groups excluding carboxylic acids is 1. The Labute approximate surface area is 112 Å². The normalized spacial score (nSPS) is 17.4. The Hall–Kier alpha value is -1.68. The summed E-state index contributed by atoms with van der Waals surface area (Å²) in [6.07, 6.45) is 0.487. The summed E-state index contributed by atoms with van der Waals surface area (Å²) < 4.78 is 7.25. The van der Waals surface area contributed by atoms with Crippen LogP contribution in [0.1, 0.15) is 30.8 Å². The molecule has 0 amide bonds. The number of ketones is 1. The maximum Gasteiger partial charge on any atom is 0.183 e. The van der Waals surface area contributed by atoms with Crippen molar-refractivity contribution < 1.29 is 9.53 Å². The van der Waals surface area contributed by atoms with Crippen LogP contribution in [0.5, 0.6) is 0 Å². The number of carbonyl (C=O) groups is 1. The average molecular weight is 258 g/mol. The molecule has 1 aromatic heterocycles. The van der Waals surface area contributed by atoms with Gasteiger partial charge in [-0.25, -0.2) is 0 Å². The third kappa shape index (κ3) is 2.06. The molecular weight excluding hydrogens is 240 g/mol. The third-order valence-corrected chi connectivity index (χ3v) is 3.68. The van der Waals surface area contributed by atoms with Gasteiger partial charge in [-0.1, -0.05) is 32.0 Å². The molecule has 0 aliphatic carbocycles. The lowest BCUT2D eigenvalue weighted by Gasteiger charge is -2.37. The molecule has 4 nitrogen and oxygen atoms in total. The fourth-order valence-corrected chi connectivity index (χ4v) is 2.52. The van der Waals surface area contributed by atoms with Crippen molar-refractivity contribution in [3.8, 4) is 0 Å². The van der Waals surface area contributed by atoms with Crippen LogP contribution in [0.25, 0.3) is 10.9 Å². The smallest absolute Gasteiger partial charge is 0.183 e. The second-order valence-electron chi connectivity index (χ2n) is 5.60. The predicted molar refractivity (Wildman–Crippen MR) is 73.3 cm³/mol. The predicted octanol–water partition coefficient (Wildman–Crippen LogP) is 2.67. The van der Waals surface area contributed by atoms with Crippen molar-refractivity contribution >= 4 is 16.7 Å². The highest BCUT2D eigenvalue weighted by Gasteiger charge is 2.34. The van der Waals surface area contributed by atoms with E-state index in [4.69, 9.17) is 4.74 Å². The molecule has 100 valence electrons. The second-order valence-corrected chi connectivity index (χ2v) is 5.60. The van der Waals surface area contributed by atoms with Crippen LogP contribution in [0.2, 0.25) is 0 Å². The number of Topliss-reactive ketones (excluding diaryl/α,β-unsaturated/α-hetero) is 1. The fraction of sp³-hybridized carbons (Fsp3) is 0.467. The number of ether oxygens (including phenoxy) is 1. The van der Waals surface area contributed by atoms with Gasteiger partial charge in [0.15, 0.2) is 5.78 Å². The Bertz CT molecular complexity index is 626. The summed E-state index contributed by atoms with van der Waals surface area (Å²) in [5, 5.41) is 5.50. The van der Waals surface area contributed by atoms with Gasteiger partial charge in [0.25, 0.3) is 0 Å². The molecule has 1 aromatic carbocycles. The highest BCUT2D eigenvalue weighted by Crippen LogP contribution is 2.30. The summed E-state index contributed by atoms with van der Waals surface area (Å²) in [6.45, 7) is 6.38. The first-order valence-corrected chi connectivity index (χ1v) is 6.69. The molecule has 1 aliphatic heterocycles. The first-order chi connectivity index (χ1) is 9.13. The largest absolute Gasteiger partial charge is 0.380 e. The molecule has 0 saturated carbocycles. The van der Waals surface area contributed by atoms with E-state index in [9.17, 15) is 4.79 Å². The monoisotopic (exact) mass is 258 g/mol. The topological polar surface area (TPSA) is 44.1 Å². The van der Waals surface area contributed by atoms with Crippen molar-refractivity contribution in [2.75, 3.05) is 13.2 Å². The van der Waals surface area contributed by atoms with Gasteiger partial charge in [0.2, 0.25) is 0 Å². The number of rotatable bonds is 4. The molecule has 4 heteroatoms. The van der Waals surface area contributed by atoms with Gasteiger partial charge in [0, 0.05) is 17.2 Å². The van der Waals surface area contributed by atoms with Crippen molar-refractivity contribution in [3.05, 3.63) is 30.0 Å². The minimum Gasteiger partial charge on any atom is -0.380 e. The van der Waals surface area contributed by atoms with Crippen LogP contribution in [0.15, 0.2) is 24.3 Å². The van der Waals surface area contributed by atoms with E-state index in [1.165, 1.54) is 0 Å². The first-order valence-electron chi connectivity index (χ1n) is 6.69. The van der Waals surface area contributed by atoms with Crippen LogP contribution in [0.3, 0.4) is 0 Å². The molecule has 2 heterocycles. The second kappa shape index (κ2) is 4.46. The number of benzene rings is 1. The maximum atomic E-state index is 12.0. The molecule has 0 N–H and O–H groups in total. The molecule has 0 atom stereocenters. The minimum absolute atomic E-state index is 0.102. The molecule has 1 saturated heterocycles. The van der Waals surface area contributed by atoms with Crippen molar-refractivity contribution in [2.24, 2.45) is 5.41 Å². The SMILES string of the molecule is CCC(=O)c1nn(CC2(C)COC2)c2ccccc12. The third-order valence-electron chi connectivity index (χ3n) is 3.68. The van der Waals surface area contributed by atoms with Gasteiger partial charge in [-0.2, -0.15) is 5.10 Å². The fourth-order valence-electron chi connectivity index (χ4n) is 2.52. The zero-order valence-electron chi connectivity index (χ0n) is 11.3. The van der Waals surface area contributed by atoms with Gasteiger partial charge >= 0.3 is 0 Å². The Morgan fingerprint density at radius 1 is 1.42 bits per heavy atom. The van der Waals surface area contributed by atoms with E-state index in [0.717, 1.165) is 30.7 Å². The van der Waals surface area contributed by atoms with Crippen LogP contribution in [0.4, 0.5) is 0 Å². The summed E-state index contributed by atoms with van der Waals surface area (Å²) in [4.78, 5) is 12.0. The summed E-state index contributed by atoms with van der Waals surface area (Å²) >= 11 is 0. The van der Waals surface area contributed by atoms with Gasteiger partial charge in [-0.3, -0.25) is 9.48 Å². The number of para-hydroxylation sites is 1. The Balaban J connectivity index is 2.06. The number of aromatic nitrogens is 2. The molecular formula is C15H18N2O2. The average Bonchev–Trinajstić information content (AvgIpc) is 2.75. The molecule has 1 aliphatic rings. The standard InChI is InChI=1S/C15H18N2O2/c1-3-13(18)14-11-6-4-5-7-12(11)17(16-14)8-15(2)9-19-10-15/h4-7H,3,8-10H2,1-2H3. The highest BCUT2D eigenvalue weighted by molar-refractivity contribution is 6.05. The zero-order chi connectivity index (χ0) is 13.5. The van der Waals surface area contributed by atoms with Crippen LogP contribution in [-0.2, 0) is 11.3 Å². The van der Waals surface area contributed by atoms with E-state index >= 15 is 0 Å². The van der Waals surface area contributed by atoms with E-state index in [-0.39, 0.29) is 11.2 Å². The lowest BCUT2D eigenvalue weighted by Crippen LogP contribution is -2.43. The van der Waals surface area contributed by atoms with Crippen LogP contribution >= 0.6 is 0 Å². The van der Waals surface area contributed by atoms with E-state index in [1.54, 1.807) is 0 Å². The van der Waals surface area contributed by atoms with Crippen molar-refractivity contribution in [1.82, 2.24) is 9.78 Å². The molecule has 0 radical (unpaired) electrons. The maximum absolute atomic E-state index is 12.0. The summed E-state index contributed by atoms with van der Waals surface area (Å²) in [5.41, 5.74) is 1.77. The minimum atomic E-state index is 0.102. The van der Waals surface area contributed by atoms with Gasteiger partial charge in [0.1, 0.15) is 5.69 Å². The molecule has 2 aromatic rings. The van der Waals surface area contributed by atoms with Crippen LogP contribution in [0, 0.1) is 5.41 Å². The zero-order valence-corrected chi connectivity index (χ0v) is 11.3. The molecule has 0 bridgehead atoms. The lowest BCUT2D eigenvalue weighted by molar-refractivity contribution is -0.111. The Kier molecular flexibility index (Phi) is 2.90. The lowest BCUT2D eigenvalue weighted by atomic mass is 9.89. The van der Waals surface area contributed by atoms with E-state index in [1.807, 2.05) is 35.9 Å². The van der Waals surface area contributed by atoms with E-state index < -0.39 is 0 Å². The van der Waals surface area contributed by atoms with Gasteiger partial charge in [-0.15, -0.1) is 0 Å². The number of fused-ring (bicyclic) bond motifs is 1. The van der Waals surface area contributed by atoms with Crippen LogP contribution in [-0.4, -0.2) is 28.8 Å². The van der Waals surface area contributed by atoms with Crippen molar-refractivity contribution in [3.63, 3.8) is 0 Å². The van der Waals surface area contributed by atoms with Gasteiger partial charge in [-0.05, 0) is 6.07 Å². The van der Waals surface area contributed by atoms with Crippen molar-refractivity contribution in [2.45, 2.75) is 26.8 Å². The number of hydrogen-bond donors (Lipinski definition) is 0. The van der Waals surface area contributed by atoms with Gasteiger partial charge in [0.05, 0.1) is 25.3 Å². The van der Waals surface area contributed by atoms with Crippen molar-refractivity contribution in [1.29, 1.82) is 0 Å².